The summed E-state index contributed by atoms with van der Waals surface area (Å²) < 4.78 is 7.12. The summed E-state index contributed by atoms with van der Waals surface area (Å²) in [6, 6.07) is 5.63. The number of methoxy groups -OCH3 is 1. The van der Waals surface area contributed by atoms with E-state index in [0.29, 0.717) is 5.69 Å². The number of nitrogens with zero attached hydrogens (tertiary/aromatic N) is 2. The van der Waals surface area contributed by atoms with Gasteiger partial charge in [0.25, 0.3) is 0 Å². The normalized spacial score (nSPS) is 10.0. The highest BCUT2D eigenvalue weighted by Gasteiger charge is 2.09. The van der Waals surface area contributed by atoms with Gasteiger partial charge < -0.3 is 9.30 Å². The average molecular weight is 202 g/mol. The van der Waals surface area contributed by atoms with E-state index in [2.05, 4.69) is 4.99 Å². The molecule has 0 bridgehead atoms. The first-order chi connectivity index (χ1) is 7.27. The Hall–Kier alpha value is -2.06. The highest BCUT2D eigenvalue weighted by molar-refractivity contribution is 5.95. The summed E-state index contributed by atoms with van der Waals surface area (Å²) in [6.45, 7) is 0. The summed E-state index contributed by atoms with van der Waals surface area (Å²) in [5.41, 5.74) is 1.54. The Morgan fingerprint density at radius 2 is 2.27 bits per heavy atom. The van der Waals surface area contributed by atoms with Crippen molar-refractivity contribution in [1.29, 1.82) is 0 Å². The van der Waals surface area contributed by atoms with Crippen molar-refractivity contribution >= 4 is 22.7 Å². The Bertz CT molecular complexity index is 551. The molecule has 0 radical (unpaired) electrons. The number of fused-ring (bicyclic) bond motifs is 1. The molecule has 4 heteroatoms. The van der Waals surface area contributed by atoms with Crippen molar-refractivity contribution in [2.24, 2.45) is 12.0 Å². The summed E-state index contributed by atoms with van der Waals surface area (Å²) in [5, 5.41) is 0.889. The van der Waals surface area contributed by atoms with Crippen LogP contribution in [0.3, 0.4) is 0 Å². The lowest BCUT2D eigenvalue weighted by atomic mass is 10.2. The largest absolute Gasteiger partial charge is 0.495 e. The summed E-state index contributed by atoms with van der Waals surface area (Å²) in [7, 11) is 3.50. The van der Waals surface area contributed by atoms with E-state index < -0.39 is 0 Å². The van der Waals surface area contributed by atoms with Gasteiger partial charge in [0.15, 0.2) is 0 Å². The first-order valence-electron chi connectivity index (χ1n) is 4.48. The number of para-hydroxylation sites is 1. The lowest BCUT2D eigenvalue weighted by Gasteiger charge is -2.03. The lowest BCUT2D eigenvalue weighted by Crippen LogP contribution is -1.89. The number of hydrogen-bond acceptors (Lipinski definition) is 3. The molecule has 0 amide bonds. The van der Waals surface area contributed by atoms with Gasteiger partial charge in [-0.15, -0.1) is 0 Å². The molecule has 76 valence electrons. The van der Waals surface area contributed by atoms with Crippen LogP contribution in [-0.2, 0) is 11.8 Å². The predicted octanol–water partition coefficient (Wildman–Crippen LogP) is 2.15. The molecule has 0 atom stereocenters. The van der Waals surface area contributed by atoms with Gasteiger partial charge in [-0.25, -0.2) is 4.79 Å². The number of hydrogen-bond donors (Lipinski definition) is 0. The molecule has 2 aromatic rings. The summed E-state index contributed by atoms with van der Waals surface area (Å²) in [6.07, 6.45) is 3.32. The molecule has 2 rings (SSSR count). The van der Waals surface area contributed by atoms with Crippen LogP contribution in [0.4, 0.5) is 5.69 Å². The minimum Gasteiger partial charge on any atom is -0.495 e. The Balaban J connectivity index is 2.84. The van der Waals surface area contributed by atoms with E-state index in [1.807, 2.05) is 29.8 Å². The molecule has 1 aromatic heterocycles. The third-order valence-electron chi connectivity index (χ3n) is 2.33. The molecular weight excluding hydrogens is 192 g/mol. The lowest BCUT2D eigenvalue weighted by molar-refractivity contribution is 0.418. The second kappa shape index (κ2) is 3.59. The zero-order chi connectivity index (χ0) is 10.8. The fourth-order valence-electron chi connectivity index (χ4n) is 1.71. The quantitative estimate of drug-likeness (QED) is 0.553. The van der Waals surface area contributed by atoms with Crippen LogP contribution in [-0.4, -0.2) is 17.8 Å². The molecule has 0 N–H and O–H groups in total. The number of ether oxygens (including phenoxy) is 1. The first-order valence-corrected chi connectivity index (χ1v) is 4.48. The van der Waals surface area contributed by atoms with E-state index in [0.717, 1.165) is 16.7 Å². The Kier molecular flexibility index (Phi) is 2.27. The molecule has 0 saturated heterocycles. The van der Waals surface area contributed by atoms with E-state index in [-0.39, 0.29) is 0 Å². The third kappa shape index (κ3) is 1.41. The number of carbonyl (C=O) groups excluding carboxylic acids is 1. The average Bonchev–Trinajstić information content (AvgIpc) is 2.57. The number of rotatable bonds is 2. The van der Waals surface area contributed by atoms with Gasteiger partial charge in [0.1, 0.15) is 11.4 Å². The van der Waals surface area contributed by atoms with E-state index in [1.165, 1.54) is 0 Å². The fraction of sp³-hybridized carbons (Fsp3) is 0.182. The van der Waals surface area contributed by atoms with Gasteiger partial charge in [-0.2, -0.15) is 4.99 Å². The Morgan fingerprint density at radius 3 is 2.93 bits per heavy atom. The van der Waals surface area contributed by atoms with Crippen molar-refractivity contribution in [2.45, 2.75) is 0 Å². The maximum atomic E-state index is 10.2. The maximum Gasteiger partial charge on any atom is 0.240 e. The number of isocyanates is 1. The zero-order valence-electron chi connectivity index (χ0n) is 8.52. The van der Waals surface area contributed by atoms with E-state index >= 15 is 0 Å². The van der Waals surface area contributed by atoms with E-state index in [1.54, 1.807) is 19.4 Å². The number of aliphatic imine (C=N–C) groups is 1. The monoisotopic (exact) mass is 202 g/mol. The van der Waals surface area contributed by atoms with Crippen molar-refractivity contribution in [3.63, 3.8) is 0 Å². The fourth-order valence-corrected chi connectivity index (χ4v) is 1.71. The minimum atomic E-state index is 0.612. The first kappa shape index (κ1) is 9.49. The molecule has 0 aliphatic rings. The van der Waals surface area contributed by atoms with Gasteiger partial charge in [0.2, 0.25) is 6.08 Å². The van der Waals surface area contributed by atoms with Crippen LogP contribution in [0.15, 0.2) is 29.4 Å². The second-order valence-corrected chi connectivity index (χ2v) is 3.18. The SMILES string of the molecule is COc1cccc2c(N=C=O)cn(C)c12. The molecule has 0 fully saturated rings. The van der Waals surface area contributed by atoms with Gasteiger partial charge in [0.05, 0.1) is 12.6 Å². The maximum absolute atomic E-state index is 10.2. The molecule has 0 aliphatic carbocycles. The Morgan fingerprint density at radius 1 is 1.47 bits per heavy atom. The van der Waals surface area contributed by atoms with Gasteiger partial charge in [-0.1, -0.05) is 12.1 Å². The van der Waals surface area contributed by atoms with E-state index in [9.17, 15) is 4.79 Å². The van der Waals surface area contributed by atoms with Gasteiger partial charge >= 0.3 is 0 Å². The molecular formula is C11H10N2O2. The van der Waals surface area contributed by atoms with Crippen molar-refractivity contribution in [1.82, 2.24) is 4.57 Å². The van der Waals surface area contributed by atoms with E-state index in [4.69, 9.17) is 4.74 Å². The van der Waals surface area contributed by atoms with Crippen molar-refractivity contribution in [3.05, 3.63) is 24.4 Å². The predicted molar refractivity (Wildman–Crippen MR) is 57.3 cm³/mol. The molecule has 15 heavy (non-hydrogen) atoms. The van der Waals surface area contributed by atoms with Crippen molar-refractivity contribution in [2.75, 3.05) is 7.11 Å². The van der Waals surface area contributed by atoms with Gasteiger partial charge in [0, 0.05) is 18.6 Å². The summed E-state index contributed by atoms with van der Waals surface area (Å²) in [5.74, 6) is 0.766. The van der Waals surface area contributed by atoms with Crippen LogP contribution in [0.5, 0.6) is 5.75 Å². The van der Waals surface area contributed by atoms with Crippen LogP contribution in [0.2, 0.25) is 0 Å². The van der Waals surface area contributed by atoms with Crippen LogP contribution >= 0.6 is 0 Å². The van der Waals surface area contributed by atoms with Crippen LogP contribution in [0.25, 0.3) is 10.9 Å². The summed E-state index contributed by atoms with van der Waals surface area (Å²) in [4.78, 5) is 13.9. The van der Waals surface area contributed by atoms with Crippen LogP contribution < -0.4 is 4.74 Å². The highest BCUT2D eigenvalue weighted by atomic mass is 16.5. The van der Waals surface area contributed by atoms with Crippen LogP contribution in [0, 0.1) is 0 Å². The molecule has 1 heterocycles. The number of aromatic nitrogens is 1. The zero-order valence-corrected chi connectivity index (χ0v) is 8.52. The van der Waals surface area contributed by atoms with Crippen molar-refractivity contribution < 1.29 is 9.53 Å². The molecule has 4 nitrogen and oxygen atoms in total. The minimum absolute atomic E-state index is 0.612. The second-order valence-electron chi connectivity index (χ2n) is 3.18. The standard InChI is InChI=1S/C11H10N2O2/c1-13-6-9(12-7-14)8-4-3-5-10(15-2)11(8)13/h3-6H,1-2H3. The topological polar surface area (TPSA) is 43.6 Å². The van der Waals surface area contributed by atoms with Gasteiger partial charge in [-0.3, -0.25) is 0 Å². The number of aryl methyl sites for hydroxylation is 1. The molecule has 0 saturated carbocycles. The number of benzene rings is 1. The molecule has 1 aromatic carbocycles. The van der Waals surface area contributed by atoms with Crippen LogP contribution in [0.1, 0.15) is 0 Å². The summed E-state index contributed by atoms with van der Waals surface area (Å²) >= 11 is 0. The third-order valence-corrected chi connectivity index (χ3v) is 2.33. The van der Waals surface area contributed by atoms with Crippen molar-refractivity contribution in [3.8, 4) is 5.75 Å². The molecule has 0 unspecified atom stereocenters. The molecule has 0 aliphatic heterocycles. The molecule has 0 spiro atoms. The van der Waals surface area contributed by atoms with Gasteiger partial charge in [-0.05, 0) is 6.07 Å². The highest BCUT2D eigenvalue weighted by Crippen LogP contribution is 2.33. The smallest absolute Gasteiger partial charge is 0.240 e. The Labute approximate surface area is 86.8 Å².